The first-order valence-corrected chi connectivity index (χ1v) is 6.21. The van der Waals surface area contributed by atoms with Crippen molar-refractivity contribution in [3.63, 3.8) is 0 Å². The summed E-state index contributed by atoms with van der Waals surface area (Å²) in [6.07, 6.45) is 4.87. The van der Waals surface area contributed by atoms with Crippen LogP contribution >= 0.6 is 0 Å². The summed E-state index contributed by atoms with van der Waals surface area (Å²) in [6, 6.07) is 7.14. The fourth-order valence-corrected chi connectivity index (χ4v) is 2.41. The van der Waals surface area contributed by atoms with Crippen molar-refractivity contribution in [2.24, 2.45) is 0 Å². The van der Waals surface area contributed by atoms with E-state index in [1.54, 1.807) is 35.5 Å². The molecule has 1 aromatic carbocycles. The van der Waals surface area contributed by atoms with Crippen molar-refractivity contribution < 1.29 is 4.79 Å². The zero-order valence-electron chi connectivity index (χ0n) is 10.3. The molecule has 1 fully saturated rings. The van der Waals surface area contributed by atoms with Crippen LogP contribution in [0, 0.1) is 11.3 Å². The zero-order valence-corrected chi connectivity index (χ0v) is 10.3. The number of amides is 1. The highest BCUT2D eigenvalue weighted by Crippen LogP contribution is 2.20. The molecular weight excluding hydrogens is 240 g/mol. The van der Waals surface area contributed by atoms with Gasteiger partial charge in [-0.25, -0.2) is 0 Å². The highest BCUT2D eigenvalue weighted by molar-refractivity contribution is 5.97. The van der Waals surface area contributed by atoms with E-state index < -0.39 is 0 Å². The minimum absolute atomic E-state index is 0.100. The minimum Gasteiger partial charge on any atom is -0.323 e. The monoisotopic (exact) mass is 252 g/mol. The Morgan fingerprint density at radius 1 is 1.32 bits per heavy atom. The van der Waals surface area contributed by atoms with Crippen molar-refractivity contribution in [1.82, 2.24) is 14.9 Å². The van der Waals surface area contributed by atoms with E-state index in [4.69, 9.17) is 5.26 Å². The molecule has 19 heavy (non-hydrogen) atoms. The molecular formula is C14H12N4O. The van der Waals surface area contributed by atoms with Gasteiger partial charge in [0.25, 0.3) is 5.91 Å². The summed E-state index contributed by atoms with van der Waals surface area (Å²) >= 11 is 0. The van der Waals surface area contributed by atoms with Crippen LogP contribution in [-0.4, -0.2) is 33.4 Å². The van der Waals surface area contributed by atoms with Crippen LogP contribution in [0.2, 0.25) is 0 Å². The maximum atomic E-state index is 12.4. The van der Waals surface area contributed by atoms with Crippen LogP contribution in [0.5, 0.6) is 0 Å². The van der Waals surface area contributed by atoms with Crippen molar-refractivity contribution in [2.75, 3.05) is 6.54 Å². The van der Waals surface area contributed by atoms with Crippen LogP contribution in [0.1, 0.15) is 23.2 Å². The lowest BCUT2D eigenvalue weighted by molar-refractivity contribution is 0.0765. The van der Waals surface area contributed by atoms with Crippen molar-refractivity contribution in [2.45, 2.75) is 18.9 Å². The van der Waals surface area contributed by atoms with Crippen LogP contribution < -0.4 is 0 Å². The zero-order chi connectivity index (χ0) is 13.2. The summed E-state index contributed by atoms with van der Waals surface area (Å²) < 4.78 is 0. The highest BCUT2D eigenvalue weighted by atomic mass is 16.2. The molecule has 0 N–H and O–H groups in total. The van der Waals surface area contributed by atoms with Crippen molar-refractivity contribution in [3.8, 4) is 6.07 Å². The first-order valence-electron chi connectivity index (χ1n) is 6.21. The van der Waals surface area contributed by atoms with Gasteiger partial charge in [0.15, 0.2) is 0 Å². The average molecular weight is 252 g/mol. The van der Waals surface area contributed by atoms with E-state index >= 15 is 0 Å². The molecule has 1 atom stereocenters. The maximum absolute atomic E-state index is 12.4. The van der Waals surface area contributed by atoms with Gasteiger partial charge in [0.2, 0.25) is 0 Å². The number of carbonyl (C=O) groups is 1. The maximum Gasteiger partial charge on any atom is 0.255 e. The number of aromatic nitrogens is 2. The van der Waals surface area contributed by atoms with Crippen LogP contribution in [0.15, 0.2) is 30.6 Å². The largest absolute Gasteiger partial charge is 0.323 e. The third-order valence-corrected chi connectivity index (χ3v) is 3.38. The van der Waals surface area contributed by atoms with Gasteiger partial charge in [0.05, 0.1) is 17.1 Å². The Morgan fingerprint density at radius 2 is 2.11 bits per heavy atom. The number of hydrogen-bond donors (Lipinski definition) is 0. The predicted octanol–water partition coefficient (Wildman–Crippen LogP) is 1.76. The van der Waals surface area contributed by atoms with Gasteiger partial charge >= 0.3 is 0 Å². The summed E-state index contributed by atoms with van der Waals surface area (Å²) in [5.41, 5.74) is 2.02. The molecule has 2 heterocycles. The number of likely N-dealkylation sites (tertiary alicyclic amines) is 1. The Bertz CT molecular complexity index is 676. The van der Waals surface area contributed by atoms with Crippen LogP contribution in [0.25, 0.3) is 11.0 Å². The van der Waals surface area contributed by atoms with Gasteiger partial charge in [-0.05, 0) is 31.0 Å². The molecule has 1 aromatic heterocycles. The lowest BCUT2D eigenvalue weighted by atomic mass is 10.1. The summed E-state index contributed by atoms with van der Waals surface area (Å²) in [6.45, 7) is 0.648. The fraction of sp³-hybridized carbons (Fsp3) is 0.286. The molecule has 0 saturated carbocycles. The van der Waals surface area contributed by atoms with E-state index in [0.29, 0.717) is 17.6 Å². The molecule has 1 unspecified atom stereocenters. The summed E-state index contributed by atoms with van der Waals surface area (Å²) in [7, 11) is 0. The molecule has 5 heteroatoms. The Morgan fingerprint density at radius 3 is 2.89 bits per heavy atom. The van der Waals surface area contributed by atoms with Crippen LogP contribution in [0.3, 0.4) is 0 Å². The third-order valence-electron chi connectivity index (χ3n) is 3.38. The normalized spacial score (nSPS) is 18.5. The lowest BCUT2D eigenvalue weighted by Crippen LogP contribution is -2.34. The van der Waals surface area contributed by atoms with E-state index in [1.165, 1.54) is 0 Å². The predicted molar refractivity (Wildman–Crippen MR) is 69.2 cm³/mol. The second-order valence-electron chi connectivity index (χ2n) is 4.55. The van der Waals surface area contributed by atoms with E-state index in [1.807, 2.05) is 0 Å². The Balaban J connectivity index is 1.96. The second kappa shape index (κ2) is 4.65. The van der Waals surface area contributed by atoms with Crippen molar-refractivity contribution in [1.29, 1.82) is 5.26 Å². The number of nitrogens with zero attached hydrogens (tertiary/aromatic N) is 4. The molecule has 2 aromatic rings. The smallest absolute Gasteiger partial charge is 0.255 e. The Hall–Kier alpha value is -2.48. The Labute approximate surface area is 110 Å². The molecule has 1 saturated heterocycles. The fourth-order valence-electron chi connectivity index (χ4n) is 2.41. The van der Waals surface area contributed by atoms with Gasteiger partial charge in [-0.15, -0.1) is 0 Å². The first kappa shape index (κ1) is 11.6. The summed E-state index contributed by atoms with van der Waals surface area (Å²) in [5, 5.41) is 9.04. The van der Waals surface area contributed by atoms with E-state index in [0.717, 1.165) is 18.4 Å². The van der Waals surface area contributed by atoms with Crippen LogP contribution in [-0.2, 0) is 0 Å². The molecule has 94 valence electrons. The highest BCUT2D eigenvalue weighted by Gasteiger charge is 2.29. The summed E-state index contributed by atoms with van der Waals surface area (Å²) in [4.78, 5) is 22.4. The van der Waals surface area contributed by atoms with Gasteiger partial charge in [-0.3, -0.25) is 14.8 Å². The number of rotatable bonds is 1. The van der Waals surface area contributed by atoms with Gasteiger partial charge in [0, 0.05) is 24.5 Å². The molecule has 0 aliphatic carbocycles. The van der Waals surface area contributed by atoms with Crippen molar-refractivity contribution in [3.05, 3.63) is 36.2 Å². The summed E-state index contributed by atoms with van der Waals surface area (Å²) in [5.74, 6) is -0.100. The average Bonchev–Trinajstić information content (AvgIpc) is 2.94. The number of benzene rings is 1. The molecule has 0 radical (unpaired) electrons. The molecule has 0 spiro atoms. The molecule has 5 nitrogen and oxygen atoms in total. The Kier molecular flexibility index (Phi) is 2.84. The SMILES string of the molecule is N#CC1CCCN1C(=O)c1ccc2nccnc2c1. The molecule has 1 aliphatic rings. The number of fused-ring (bicyclic) bond motifs is 1. The molecule has 1 aliphatic heterocycles. The third kappa shape index (κ3) is 2.02. The van der Waals surface area contributed by atoms with Gasteiger partial charge in [-0.2, -0.15) is 5.26 Å². The quantitative estimate of drug-likeness (QED) is 0.775. The van der Waals surface area contributed by atoms with Gasteiger partial charge in [0.1, 0.15) is 6.04 Å². The molecule has 0 bridgehead atoms. The van der Waals surface area contributed by atoms with Gasteiger partial charge < -0.3 is 4.90 Å². The lowest BCUT2D eigenvalue weighted by Gasteiger charge is -2.19. The number of hydrogen-bond acceptors (Lipinski definition) is 4. The number of carbonyl (C=O) groups excluding carboxylic acids is 1. The van der Waals surface area contributed by atoms with E-state index in [9.17, 15) is 4.79 Å². The number of nitriles is 1. The topological polar surface area (TPSA) is 69.9 Å². The van der Waals surface area contributed by atoms with E-state index in [-0.39, 0.29) is 11.9 Å². The minimum atomic E-state index is -0.301. The van der Waals surface area contributed by atoms with Crippen LogP contribution in [0.4, 0.5) is 0 Å². The van der Waals surface area contributed by atoms with Crippen molar-refractivity contribution >= 4 is 16.9 Å². The van der Waals surface area contributed by atoms with Gasteiger partial charge in [-0.1, -0.05) is 0 Å². The molecule has 1 amide bonds. The standard InChI is InChI=1S/C14H12N4O/c15-9-11-2-1-7-18(11)14(19)10-3-4-12-13(8-10)17-6-5-16-12/h3-6,8,11H,1-2,7H2. The second-order valence-corrected chi connectivity index (χ2v) is 4.55. The first-order chi connectivity index (χ1) is 9.29. The van der Waals surface area contributed by atoms with E-state index in [2.05, 4.69) is 16.0 Å². The molecule has 3 rings (SSSR count).